The molecule has 0 amide bonds. The van der Waals surface area contributed by atoms with E-state index in [4.69, 9.17) is 0 Å². The molecule has 10 aromatic rings. The molecule has 59 heavy (non-hydrogen) atoms. The van der Waals surface area contributed by atoms with Crippen molar-refractivity contribution in [1.29, 1.82) is 0 Å². The first-order chi connectivity index (χ1) is 29.2. The minimum absolute atomic E-state index is 0.926. The van der Waals surface area contributed by atoms with Gasteiger partial charge in [-0.3, -0.25) is 0 Å². The molecule has 0 saturated carbocycles. The summed E-state index contributed by atoms with van der Waals surface area (Å²) >= 11 is 0. The second-order valence-corrected chi connectivity index (χ2v) is 16.2. The van der Waals surface area contributed by atoms with Crippen LogP contribution in [0, 0.1) is 6.92 Å². The number of hydrogen-bond donors (Lipinski definition) is 0. The predicted octanol–water partition coefficient (Wildman–Crippen LogP) is 15.5. The maximum absolute atomic E-state index is 2.47. The fourth-order valence-electron chi connectivity index (χ4n) is 9.99. The first-order valence-electron chi connectivity index (χ1n) is 20.7. The summed E-state index contributed by atoms with van der Waals surface area (Å²) in [4.78, 5) is 4.95. The van der Waals surface area contributed by atoms with Crippen LogP contribution in [0.15, 0.2) is 200 Å². The van der Waals surface area contributed by atoms with Crippen LogP contribution in [0.4, 0.5) is 34.1 Å². The van der Waals surface area contributed by atoms with Crippen LogP contribution in [0.2, 0.25) is 0 Å². The Morgan fingerprint density at radius 2 is 0.763 bits per heavy atom. The molecule has 12 rings (SSSR count). The Labute approximate surface area is 344 Å². The van der Waals surface area contributed by atoms with E-state index in [0.717, 1.165) is 24.2 Å². The zero-order valence-electron chi connectivity index (χ0n) is 32.9. The topological polar surface area (TPSA) is 6.48 Å². The molecule has 2 aliphatic heterocycles. The van der Waals surface area contributed by atoms with Crippen molar-refractivity contribution in [2.24, 2.45) is 0 Å². The molecule has 2 heteroatoms. The molecule has 0 bridgehead atoms. The van der Waals surface area contributed by atoms with E-state index >= 15 is 0 Å². The highest BCUT2D eigenvalue weighted by molar-refractivity contribution is 6.23. The first kappa shape index (κ1) is 33.7. The molecule has 10 aromatic carbocycles. The zero-order chi connectivity index (χ0) is 39.0. The van der Waals surface area contributed by atoms with Crippen LogP contribution in [-0.4, -0.2) is 0 Å². The van der Waals surface area contributed by atoms with Gasteiger partial charge in [-0.1, -0.05) is 151 Å². The highest BCUT2D eigenvalue weighted by atomic mass is 15.2. The predicted molar refractivity (Wildman–Crippen MR) is 250 cm³/mol. The van der Waals surface area contributed by atoms with E-state index in [9.17, 15) is 0 Å². The first-order valence-corrected chi connectivity index (χ1v) is 20.7. The summed E-state index contributed by atoms with van der Waals surface area (Å²) < 4.78 is 0. The molecule has 0 N–H and O–H groups in total. The number of benzene rings is 10. The van der Waals surface area contributed by atoms with Crippen molar-refractivity contribution < 1.29 is 0 Å². The van der Waals surface area contributed by atoms with Crippen LogP contribution in [0.25, 0.3) is 54.6 Å². The van der Waals surface area contributed by atoms with E-state index < -0.39 is 0 Å². The molecule has 2 nitrogen and oxygen atoms in total. The van der Waals surface area contributed by atoms with E-state index in [1.54, 1.807) is 0 Å². The fourth-order valence-corrected chi connectivity index (χ4v) is 9.99. The molecule has 2 heterocycles. The van der Waals surface area contributed by atoms with Gasteiger partial charge in [0.05, 0.1) is 0 Å². The Kier molecular flexibility index (Phi) is 7.61. The van der Waals surface area contributed by atoms with E-state index in [-0.39, 0.29) is 0 Å². The Balaban J connectivity index is 1.19. The summed E-state index contributed by atoms with van der Waals surface area (Å²) in [5.41, 5.74) is 18.8. The maximum Gasteiger partial charge on any atom is 0.0497 e. The number of rotatable bonds is 4. The monoisotopic (exact) mass is 752 g/mol. The summed E-state index contributed by atoms with van der Waals surface area (Å²) in [6.07, 6.45) is 1.85. The van der Waals surface area contributed by atoms with Gasteiger partial charge in [0.25, 0.3) is 0 Å². The third-order valence-electron chi connectivity index (χ3n) is 12.6. The van der Waals surface area contributed by atoms with Crippen molar-refractivity contribution in [2.75, 3.05) is 9.80 Å². The normalized spacial score (nSPS) is 13.0. The lowest BCUT2D eigenvalue weighted by Crippen LogP contribution is -2.18. The smallest absolute Gasteiger partial charge is 0.0497 e. The minimum Gasteiger partial charge on any atom is -0.310 e. The molecule has 0 aromatic heterocycles. The Morgan fingerprint density at radius 1 is 0.322 bits per heavy atom. The average molecular weight is 753 g/mol. The molecule has 0 spiro atoms. The van der Waals surface area contributed by atoms with Crippen LogP contribution in [0.5, 0.6) is 0 Å². The molecule has 2 aliphatic rings. The molecule has 0 saturated heterocycles. The number of hydrogen-bond acceptors (Lipinski definition) is 2. The van der Waals surface area contributed by atoms with Gasteiger partial charge in [-0.2, -0.15) is 0 Å². The van der Waals surface area contributed by atoms with Gasteiger partial charge in [-0.25, -0.2) is 0 Å². The van der Waals surface area contributed by atoms with Gasteiger partial charge in [0.15, 0.2) is 0 Å². The Bertz CT molecular complexity index is 3230. The summed E-state index contributed by atoms with van der Waals surface area (Å²) in [7, 11) is 0. The molecule has 0 unspecified atom stereocenters. The van der Waals surface area contributed by atoms with E-state index in [0.29, 0.717) is 0 Å². The fraction of sp³-hybridized carbons (Fsp3) is 0.0526. The van der Waals surface area contributed by atoms with E-state index in [1.165, 1.54) is 105 Å². The summed E-state index contributed by atoms with van der Waals surface area (Å²) in [5, 5.41) is 7.44. The van der Waals surface area contributed by atoms with Crippen molar-refractivity contribution >= 4 is 66.4 Å². The third-order valence-corrected chi connectivity index (χ3v) is 12.6. The number of para-hydroxylation sites is 4. The van der Waals surface area contributed by atoms with Crippen LogP contribution in [-0.2, 0) is 12.8 Å². The third kappa shape index (κ3) is 5.41. The van der Waals surface area contributed by atoms with Gasteiger partial charge >= 0.3 is 0 Å². The van der Waals surface area contributed by atoms with E-state index in [1.807, 2.05) is 0 Å². The highest BCUT2D eigenvalue weighted by Crippen LogP contribution is 2.51. The van der Waals surface area contributed by atoms with Gasteiger partial charge in [-0.05, 0) is 138 Å². The maximum atomic E-state index is 2.47. The lowest BCUT2D eigenvalue weighted by Gasteiger charge is -2.34. The SMILES string of the molecule is Cc1cccc(-c2c3ccc(N4c5ccccc5Cc5ccccc54)cc3c(-c3ccc4ccccc4c3)c3ccc(N4c5ccccc5Cc5ccccc54)cc23)c1. The number of aryl methyl sites for hydroxylation is 1. The van der Waals surface area contributed by atoms with Gasteiger partial charge in [-0.15, -0.1) is 0 Å². The van der Waals surface area contributed by atoms with Crippen LogP contribution in [0.3, 0.4) is 0 Å². The van der Waals surface area contributed by atoms with Gasteiger partial charge in [0, 0.05) is 47.0 Å². The van der Waals surface area contributed by atoms with Crippen molar-refractivity contribution in [3.63, 3.8) is 0 Å². The average Bonchev–Trinajstić information content (AvgIpc) is 3.28. The largest absolute Gasteiger partial charge is 0.310 e. The number of nitrogens with zero attached hydrogens (tertiary/aromatic N) is 2. The van der Waals surface area contributed by atoms with E-state index in [2.05, 4.69) is 217 Å². The van der Waals surface area contributed by atoms with Crippen LogP contribution >= 0.6 is 0 Å². The Morgan fingerprint density at radius 3 is 1.25 bits per heavy atom. The second-order valence-electron chi connectivity index (χ2n) is 16.2. The zero-order valence-corrected chi connectivity index (χ0v) is 32.9. The number of fused-ring (bicyclic) bond motifs is 7. The summed E-state index contributed by atoms with van der Waals surface area (Å²) in [5.74, 6) is 0. The Hall–Kier alpha value is -7.42. The van der Waals surface area contributed by atoms with Gasteiger partial charge in [0.2, 0.25) is 0 Å². The summed E-state index contributed by atoms with van der Waals surface area (Å²) in [6.45, 7) is 2.20. The molecule has 0 radical (unpaired) electrons. The second kappa shape index (κ2) is 13.3. The van der Waals surface area contributed by atoms with Crippen LogP contribution in [0.1, 0.15) is 27.8 Å². The van der Waals surface area contributed by atoms with Crippen molar-refractivity contribution in [2.45, 2.75) is 19.8 Å². The minimum atomic E-state index is 0.926. The quantitative estimate of drug-likeness (QED) is 0.165. The van der Waals surface area contributed by atoms with Crippen LogP contribution < -0.4 is 9.80 Å². The molecule has 0 atom stereocenters. The molecular weight excluding hydrogens is 713 g/mol. The lowest BCUT2D eigenvalue weighted by molar-refractivity contribution is 1.09. The standard InChI is InChI=1S/C57H40N2/c1-37-13-12-20-44(31-37)56-48-29-27-47(59-54-23-10-6-18-42(54)34-43-19-7-11-24-55(43)59)36-51(48)57(45-26-25-38-14-2-3-15-39(38)32-45)49-30-28-46(35-50(49)56)58-52-21-8-4-16-40(52)33-41-17-5-9-22-53(41)58/h2-32,35-36H,33-34H2,1H3. The number of anilines is 6. The van der Waals surface area contributed by atoms with Crippen molar-refractivity contribution in [3.8, 4) is 22.3 Å². The highest BCUT2D eigenvalue weighted by Gasteiger charge is 2.27. The van der Waals surface area contributed by atoms with Crippen molar-refractivity contribution in [1.82, 2.24) is 0 Å². The van der Waals surface area contributed by atoms with Gasteiger partial charge in [0.1, 0.15) is 0 Å². The molecule has 0 fully saturated rings. The van der Waals surface area contributed by atoms with Crippen molar-refractivity contribution in [3.05, 3.63) is 228 Å². The lowest BCUT2D eigenvalue weighted by atomic mass is 9.84. The molecule has 278 valence electrons. The van der Waals surface area contributed by atoms with Gasteiger partial charge < -0.3 is 9.80 Å². The summed E-state index contributed by atoms with van der Waals surface area (Å²) in [6, 6.07) is 74.7. The molecular formula is C57H40N2. The molecule has 0 aliphatic carbocycles.